The number of aryl methyl sites for hydroxylation is 1. The lowest BCUT2D eigenvalue weighted by Crippen LogP contribution is -2.38. The maximum Gasteiger partial charge on any atom is 0.244 e. The molecular weight excluding hydrogens is 318 g/mol. The van der Waals surface area contributed by atoms with Crippen LogP contribution in [0, 0.1) is 18.8 Å². The van der Waals surface area contributed by atoms with Crippen LogP contribution in [-0.4, -0.2) is 43.3 Å². The molecule has 1 fully saturated rings. The van der Waals surface area contributed by atoms with E-state index in [0.717, 1.165) is 16.2 Å². The van der Waals surface area contributed by atoms with Gasteiger partial charge >= 0.3 is 0 Å². The van der Waals surface area contributed by atoms with Gasteiger partial charge in [0.05, 0.1) is 11.8 Å². The molecule has 6 nitrogen and oxygen atoms in total. The third kappa shape index (κ3) is 3.29. The van der Waals surface area contributed by atoms with Crippen molar-refractivity contribution in [1.29, 1.82) is 0 Å². The summed E-state index contributed by atoms with van der Waals surface area (Å²) in [6, 6.07) is 5.72. The van der Waals surface area contributed by atoms with Crippen LogP contribution in [-0.2, 0) is 14.4 Å². The molecule has 1 aromatic carbocycles. The number of carbonyl (C=O) groups excluding carboxylic acids is 3. The maximum absolute atomic E-state index is 12.4. The molecule has 0 bridgehead atoms. The molecule has 25 heavy (non-hydrogen) atoms. The van der Waals surface area contributed by atoms with Crippen molar-refractivity contribution < 1.29 is 14.4 Å². The van der Waals surface area contributed by atoms with Crippen LogP contribution in [0.1, 0.15) is 18.4 Å². The van der Waals surface area contributed by atoms with E-state index in [1.807, 2.05) is 56.3 Å². The molecule has 0 aromatic heterocycles. The van der Waals surface area contributed by atoms with Crippen LogP contribution in [0.25, 0.3) is 0 Å². The van der Waals surface area contributed by atoms with E-state index in [4.69, 9.17) is 0 Å². The van der Waals surface area contributed by atoms with Crippen molar-refractivity contribution in [2.45, 2.75) is 19.8 Å². The summed E-state index contributed by atoms with van der Waals surface area (Å²) in [6.07, 6.45) is 5.04. The summed E-state index contributed by atoms with van der Waals surface area (Å²) >= 11 is 0. The second-order valence-corrected chi connectivity index (χ2v) is 6.86. The van der Waals surface area contributed by atoms with Gasteiger partial charge in [0.1, 0.15) is 6.54 Å². The van der Waals surface area contributed by atoms with Gasteiger partial charge in [-0.05, 0) is 43.5 Å². The largest absolute Gasteiger partial charge is 0.378 e. The van der Waals surface area contributed by atoms with Gasteiger partial charge in [0, 0.05) is 25.5 Å². The van der Waals surface area contributed by atoms with E-state index in [2.05, 4.69) is 5.32 Å². The molecule has 3 amide bonds. The predicted molar refractivity (Wildman–Crippen MR) is 96.2 cm³/mol. The highest BCUT2D eigenvalue weighted by molar-refractivity contribution is 6.09. The van der Waals surface area contributed by atoms with Gasteiger partial charge in [0.15, 0.2) is 0 Å². The number of allylic oxidation sites excluding steroid dienone is 2. The van der Waals surface area contributed by atoms with Gasteiger partial charge in [0.2, 0.25) is 17.7 Å². The number of amides is 3. The van der Waals surface area contributed by atoms with Crippen molar-refractivity contribution in [3.63, 3.8) is 0 Å². The van der Waals surface area contributed by atoms with Crippen molar-refractivity contribution in [2.75, 3.05) is 30.9 Å². The van der Waals surface area contributed by atoms with Crippen molar-refractivity contribution in [3.05, 3.63) is 35.9 Å². The van der Waals surface area contributed by atoms with Gasteiger partial charge in [-0.1, -0.05) is 12.2 Å². The highest BCUT2D eigenvalue weighted by Crippen LogP contribution is 2.34. The topological polar surface area (TPSA) is 69.7 Å². The Kier molecular flexibility index (Phi) is 4.61. The number of imide groups is 1. The van der Waals surface area contributed by atoms with Crippen LogP contribution in [0.15, 0.2) is 30.4 Å². The number of hydrogen-bond acceptors (Lipinski definition) is 4. The molecule has 3 rings (SSSR count). The van der Waals surface area contributed by atoms with Crippen LogP contribution in [0.4, 0.5) is 11.4 Å². The number of nitrogens with zero attached hydrogens (tertiary/aromatic N) is 2. The summed E-state index contributed by atoms with van der Waals surface area (Å²) < 4.78 is 0. The Morgan fingerprint density at radius 1 is 1.16 bits per heavy atom. The van der Waals surface area contributed by atoms with Gasteiger partial charge in [0.25, 0.3) is 0 Å². The zero-order chi connectivity index (χ0) is 18.1. The quantitative estimate of drug-likeness (QED) is 0.671. The lowest BCUT2D eigenvalue weighted by Gasteiger charge is -2.17. The second-order valence-electron chi connectivity index (χ2n) is 6.86. The molecule has 0 spiro atoms. The van der Waals surface area contributed by atoms with Crippen LogP contribution in [0.5, 0.6) is 0 Å². The number of rotatable bonds is 4. The molecule has 1 aliphatic carbocycles. The number of carbonyl (C=O) groups is 3. The van der Waals surface area contributed by atoms with E-state index >= 15 is 0 Å². The van der Waals surface area contributed by atoms with E-state index in [1.165, 1.54) is 0 Å². The highest BCUT2D eigenvalue weighted by Gasteiger charge is 2.47. The lowest BCUT2D eigenvalue weighted by atomic mass is 9.85. The van der Waals surface area contributed by atoms with E-state index in [0.29, 0.717) is 18.5 Å². The molecule has 132 valence electrons. The van der Waals surface area contributed by atoms with Crippen molar-refractivity contribution in [2.24, 2.45) is 11.8 Å². The third-order valence-electron chi connectivity index (χ3n) is 4.90. The number of fused-ring (bicyclic) bond motifs is 1. The smallest absolute Gasteiger partial charge is 0.244 e. The fourth-order valence-corrected chi connectivity index (χ4v) is 3.42. The van der Waals surface area contributed by atoms with E-state index in [9.17, 15) is 14.4 Å². The standard InChI is InChI=1S/C19H23N3O3/c1-12-10-13(21(2)3)8-9-16(12)20-17(23)11-22-18(24)14-6-4-5-7-15(14)19(22)25/h4-5,8-10,14-15H,6-7,11H2,1-3H3,(H,20,23). The zero-order valence-electron chi connectivity index (χ0n) is 14.8. The molecule has 1 N–H and O–H groups in total. The van der Waals surface area contributed by atoms with Gasteiger partial charge in [-0.15, -0.1) is 0 Å². The fourth-order valence-electron chi connectivity index (χ4n) is 3.42. The van der Waals surface area contributed by atoms with Crippen LogP contribution in [0.3, 0.4) is 0 Å². The Labute approximate surface area is 147 Å². The average molecular weight is 341 g/mol. The zero-order valence-corrected chi connectivity index (χ0v) is 14.8. The van der Waals surface area contributed by atoms with Gasteiger partial charge in [-0.3, -0.25) is 19.3 Å². The van der Waals surface area contributed by atoms with Crippen LogP contribution >= 0.6 is 0 Å². The molecule has 2 atom stereocenters. The summed E-state index contributed by atoms with van der Waals surface area (Å²) in [5.74, 6) is -1.41. The van der Waals surface area contributed by atoms with Crippen LogP contribution in [0.2, 0.25) is 0 Å². The summed E-state index contributed by atoms with van der Waals surface area (Å²) in [5, 5.41) is 2.81. The summed E-state index contributed by atoms with van der Waals surface area (Å²) in [5.41, 5.74) is 2.65. The second kappa shape index (κ2) is 6.70. The normalized spacial score (nSPS) is 22.1. The maximum atomic E-state index is 12.4. The minimum Gasteiger partial charge on any atom is -0.378 e. The summed E-state index contributed by atoms with van der Waals surface area (Å²) in [7, 11) is 3.90. The van der Waals surface area contributed by atoms with Crippen molar-refractivity contribution in [3.8, 4) is 0 Å². The summed E-state index contributed by atoms with van der Waals surface area (Å²) in [4.78, 5) is 40.3. The first-order valence-corrected chi connectivity index (χ1v) is 8.46. The van der Waals surface area contributed by atoms with Crippen molar-refractivity contribution >= 4 is 29.1 Å². The van der Waals surface area contributed by atoms with Gasteiger partial charge < -0.3 is 10.2 Å². The number of likely N-dealkylation sites (tertiary alicyclic amines) is 1. The molecule has 2 unspecified atom stereocenters. The molecule has 0 saturated carbocycles. The van der Waals surface area contributed by atoms with Gasteiger partial charge in [-0.2, -0.15) is 0 Å². The first kappa shape index (κ1) is 17.2. The lowest BCUT2D eigenvalue weighted by molar-refractivity contribution is -0.142. The molecule has 1 heterocycles. The number of benzene rings is 1. The molecule has 1 aliphatic heterocycles. The molecular formula is C19H23N3O3. The Morgan fingerprint density at radius 3 is 2.28 bits per heavy atom. The number of anilines is 2. The fraction of sp³-hybridized carbons (Fsp3) is 0.421. The summed E-state index contributed by atoms with van der Waals surface area (Å²) in [6.45, 7) is 1.69. The Morgan fingerprint density at radius 2 is 1.76 bits per heavy atom. The monoisotopic (exact) mass is 341 g/mol. The highest BCUT2D eigenvalue weighted by atomic mass is 16.2. The van der Waals surface area contributed by atoms with E-state index < -0.39 is 0 Å². The third-order valence-corrected chi connectivity index (χ3v) is 4.90. The number of hydrogen-bond donors (Lipinski definition) is 1. The first-order valence-electron chi connectivity index (χ1n) is 8.46. The molecule has 1 aromatic rings. The Bertz CT molecular complexity index is 728. The minimum atomic E-state index is -0.353. The van der Waals surface area contributed by atoms with E-state index in [-0.39, 0.29) is 36.1 Å². The SMILES string of the molecule is Cc1cc(N(C)C)ccc1NC(=O)CN1C(=O)C2CC=CCC2C1=O. The molecule has 2 aliphatic rings. The first-order chi connectivity index (χ1) is 11.9. The van der Waals surface area contributed by atoms with Crippen molar-refractivity contribution in [1.82, 2.24) is 4.90 Å². The minimum absolute atomic E-state index is 0.223. The van der Waals surface area contributed by atoms with Gasteiger partial charge in [-0.25, -0.2) is 0 Å². The Hall–Kier alpha value is -2.63. The predicted octanol–water partition coefficient (Wildman–Crippen LogP) is 1.95. The molecule has 0 radical (unpaired) electrons. The van der Waals surface area contributed by atoms with Crippen LogP contribution < -0.4 is 10.2 Å². The molecule has 1 saturated heterocycles. The average Bonchev–Trinajstić information content (AvgIpc) is 2.82. The van der Waals surface area contributed by atoms with E-state index in [1.54, 1.807) is 0 Å². The molecule has 6 heteroatoms. The number of nitrogens with one attached hydrogen (secondary N) is 1. The Balaban J connectivity index is 1.67.